The maximum atomic E-state index is 13.8. The van der Waals surface area contributed by atoms with E-state index in [0.29, 0.717) is 25.1 Å². The Morgan fingerprint density at radius 3 is 2.84 bits per heavy atom. The van der Waals surface area contributed by atoms with E-state index in [4.69, 9.17) is 0 Å². The minimum atomic E-state index is -0.418. The van der Waals surface area contributed by atoms with Crippen molar-refractivity contribution < 1.29 is 9.18 Å². The van der Waals surface area contributed by atoms with E-state index in [-0.39, 0.29) is 11.7 Å². The molecule has 0 bridgehead atoms. The van der Waals surface area contributed by atoms with Gasteiger partial charge < -0.3 is 10.2 Å². The largest absolute Gasteiger partial charge is 0.367 e. The molecule has 1 aromatic rings. The second kappa shape index (κ2) is 6.45. The summed E-state index contributed by atoms with van der Waals surface area (Å²) in [5.41, 5.74) is 0.392. The summed E-state index contributed by atoms with van der Waals surface area (Å²) in [4.78, 5) is 21.4. The fourth-order valence-electron chi connectivity index (χ4n) is 2.19. The lowest BCUT2D eigenvalue weighted by molar-refractivity contribution is -0.129. The zero-order valence-electron chi connectivity index (χ0n) is 11.2. The molecule has 1 aliphatic heterocycles. The molecule has 1 N–H and O–H groups in total. The maximum absolute atomic E-state index is 13.8. The molecule has 1 fully saturated rings. The molecule has 5 nitrogen and oxygen atoms in total. The highest BCUT2D eigenvalue weighted by Gasteiger charge is 2.17. The lowest BCUT2D eigenvalue weighted by Crippen LogP contribution is -2.29. The van der Waals surface area contributed by atoms with Gasteiger partial charge in [0.1, 0.15) is 6.33 Å². The maximum Gasteiger partial charge on any atom is 0.224 e. The van der Waals surface area contributed by atoms with Crippen LogP contribution in [0.15, 0.2) is 6.33 Å². The predicted octanol–water partition coefficient (Wildman–Crippen LogP) is 1.60. The first-order chi connectivity index (χ1) is 9.22. The first kappa shape index (κ1) is 13.7. The third-order valence-electron chi connectivity index (χ3n) is 3.29. The number of hydrogen-bond donors (Lipinski definition) is 1. The topological polar surface area (TPSA) is 58.1 Å². The molecule has 1 saturated heterocycles. The van der Waals surface area contributed by atoms with E-state index >= 15 is 0 Å². The molecular formula is C13H19FN4O. The number of aromatic nitrogens is 2. The molecule has 0 radical (unpaired) electrons. The molecular weight excluding hydrogens is 247 g/mol. The van der Waals surface area contributed by atoms with Crippen molar-refractivity contribution in [1.29, 1.82) is 0 Å². The first-order valence-electron chi connectivity index (χ1n) is 6.73. The van der Waals surface area contributed by atoms with E-state index in [1.165, 1.54) is 6.33 Å². The molecule has 2 rings (SSSR count). The normalized spacial score (nSPS) is 14.7. The Bertz CT molecular complexity index is 446. The van der Waals surface area contributed by atoms with Crippen LogP contribution in [0.1, 0.15) is 31.9 Å². The zero-order valence-corrected chi connectivity index (χ0v) is 11.2. The molecule has 0 aromatic carbocycles. The first-order valence-corrected chi connectivity index (χ1v) is 6.73. The van der Waals surface area contributed by atoms with E-state index in [2.05, 4.69) is 15.3 Å². The number of hydrogen-bond acceptors (Lipinski definition) is 4. The van der Waals surface area contributed by atoms with Gasteiger partial charge in [-0.25, -0.2) is 14.4 Å². The third kappa shape index (κ3) is 3.39. The van der Waals surface area contributed by atoms with Gasteiger partial charge in [-0.05, 0) is 19.3 Å². The van der Waals surface area contributed by atoms with Crippen LogP contribution in [0.4, 0.5) is 10.2 Å². The van der Waals surface area contributed by atoms with Gasteiger partial charge in [0.05, 0.1) is 5.69 Å². The number of nitrogens with zero attached hydrogens (tertiary/aromatic N) is 3. The summed E-state index contributed by atoms with van der Waals surface area (Å²) in [6.07, 6.45) is 4.40. The van der Waals surface area contributed by atoms with Crippen molar-refractivity contribution in [2.24, 2.45) is 0 Å². The van der Waals surface area contributed by atoms with Gasteiger partial charge in [0.25, 0.3) is 0 Å². The average Bonchev–Trinajstić information content (AvgIpc) is 2.94. The third-order valence-corrected chi connectivity index (χ3v) is 3.29. The molecule has 1 aliphatic rings. The molecule has 19 heavy (non-hydrogen) atoms. The number of likely N-dealkylation sites (tertiary alicyclic amines) is 1. The Labute approximate surface area is 112 Å². The molecule has 0 spiro atoms. The number of amides is 1. The fraction of sp³-hybridized carbons (Fsp3) is 0.615. The Morgan fingerprint density at radius 2 is 2.16 bits per heavy atom. The summed E-state index contributed by atoms with van der Waals surface area (Å²) in [6.45, 7) is 3.93. The van der Waals surface area contributed by atoms with Crippen LogP contribution in [0.5, 0.6) is 0 Å². The van der Waals surface area contributed by atoms with E-state index in [0.717, 1.165) is 25.9 Å². The second-order valence-corrected chi connectivity index (χ2v) is 4.60. The SMILES string of the molecule is CCc1ncnc(NCCC(=O)N2CCCC2)c1F. The van der Waals surface area contributed by atoms with Crippen molar-refractivity contribution in [3.8, 4) is 0 Å². The average molecular weight is 266 g/mol. The van der Waals surface area contributed by atoms with Gasteiger partial charge in [0, 0.05) is 26.1 Å². The van der Waals surface area contributed by atoms with Gasteiger partial charge in [0.2, 0.25) is 5.91 Å². The van der Waals surface area contributed by atoms with Crippen LogP contribution >= 0.6 is 0 Å². The number of carbonyl (C=O) groups is 1. The van der Waals surface area contributed by atoms with Crippen LogP contribution in [0, 0.1) is 5.82 Å². The monoisotopic (exact) mass is 266 g/mol. The smallest absolute Gasteiger partial charge is 0.224 e. The summed E-state index contributed by atoms with van der Waals surface area (Å²) in [5.74, 6) is -0.116. The number of rotatable bonds is 5. The van der Waals surface area contributed by atoms with E-state index in [1.54, 1.807) is 0 Å². The van der Waals surface area contributed by atoms with Gasteiger partial charge in [-0.2, -0.15) is 0 Å². The standard InChI is InChI=1S/C13H19FN4O/c1-2-10-12(14)13(17-9-16-10)15-6-5-11(19)18-7-3-4-8-18/h9H,2-8H2,1H3,(H,15,16,17). The molecule has 104 valence electrons. The van der Waals surface area contributed by atoms with E-state index in [9.17, 15) is 9.18 Å². The van der Waals surface area contributed by atoms with Crippen molar-refractivity contribution in [3.05, 3.63) is 17.8 Å². The molecule has 6 heteroatoms. The zero-order chi connectivity index (χ0) is 13.7. The van der Waals surface area contributed by atoms with E-state index < -0.39 is 5.82 Å². The lowest BCUT2D eigenvalue weighted by atomic mass is 10.3. The van der Waals surface area contributed by atoms with Crippen molar-refractivity contribution in [2.45, 2.75) is 32.6 Å². The van der Waals surface area contributed by atoms with Crippen LogP contribution in [0.25, 0.3) is 0 Å². The summed E-state index contributed by atoms with van der Waals surface area (Å²) in [6, 6.07) is 0. The van der Waals surface area contributed by atoms with Gasteiger partial charge in [0.15, 0.2) is 11.6 Å². The van der Waals surface area contributed by atoms with Crippen LogP contribution in [-0.2, 0) is 11.2 Å². The van der Waals surface area contributed by atoms with Gasteiger partial charge in [-0.1, -0.05) is 6.92 Å². The quantitative estimate of drug-likeness (QED) is 0.879. The van der Waals surface area contributed by atoms with Crippen LogP contribution < -0.4 is 5.32 Å². The highest BCUT2D eigenvalue weighted by molar-refractivity contribution is 5.76. The minimum Gasteiger partial charge on any atom is -0.367 e. The lowest BCUT2D eigenvalue weighted by Gasteiger charge is -2.15. The van der Waals surface area contributed by atoms with Crippen molar-refractivity contribution >= 4 is 11.7 Å². The Morgan fingerprint density at radius 1 is 1.42 bits per heavy atom. The fourth-order valence-corrected chi connectivity index (χ4v) is 2.19. The van der Waals surface area contributed by atoms with Gasteiger partial charge in [-0.3, -0.25) is 4.79 Å². The second-order valence-electron chi connectivity index (χ2n) is 4.60. The number of nitrogens with one attached hydrogen (secondary N) is 1. The molecule has 0 aliphatic carbocycles. The Kier molecular flexibility index (Phi) is 4.65. The number of halogens is 1. The predicted molar refractivity (Wildman–Crippen MR) is 70.3 cm³/mol. The van der Waals surface area contributed by atoms with Crippen LogP contribution in [0.3, 0.4) is 0 Å². The highest BCUT2D eigenvalue weighted by atomic mass is 19.1. The summed E-state index contributed by atoms with van der Waals surface area (Å²) >= 11 is 0. The molecule has 1 aromatic heterocycles. The van der Waals surface area contributed by atoms with Crippen LogP contribution in [-0.4, -0.2) is 40.4 Å². The summed E-state index contributed by atoms with van der Waals surface area (Å²) in [7, 11) is 0. The Balaban J connectivity index is 1.83. The molecule has 0 atom stereocenters. The Hall–Kier alpha value is -1.72. The van der Waals surface area contributed by atoms with E-state index in [1.807, 2.05) is 11.8 Å². The summed E-state index contributed by atoms with van der Waals surface area (Å²) in [5, 5.41) is 2.87. The molecule has 1 amide bonds. The number of aryl methyl sites for hydroxylation is 1. The van der Waals surface area contributed by atoms with Gasteiger partial charge >= 0.3 is 0 Å². The van der Waals surface area contributed by atoms with Gasteiger partial charge in [-0.15, -0.1) is 0 Å². The molecule has 0 unspecified atom stereocenters. The summed E-state index contributed by atoms with van der Waals surface area (Å²) < 4.78 is 13.8. The van der Waals surface area contributed by atoms with Crippen molar-refractivity contribution in [2.75, 3.05) is 25.0 Å². The molecule has 2 heterocycles. The number of carbonyl (C=O) groups excluding carboxylic acids is 1. The van der Waals surface area contributed by atoms with Crippen LogP contribution in [0.2, 0.25) is 0 Å². The highest BCUT2D eigenvalue weighted by Crippen LogP contribution is 2.13. The molecule has 0 saturated carbocycles. The minimum absolute atomic E-state index is 0.121. The van der Waals surface area contributed by atoms with Crippen molar-refractivity contribution in [3.63, 3.8) is 0 Å². The van der Waals surface area contributed by atoms with Crippen molar-refractivity contribution in [1.82, 2.24) is 14.9 Å². The number of anilines is 1.